The Morgan fingerprint density at radius 3 is 2.61 bits per heavy atom. The monoisotopic (exact) mass is 308 g/mol. The van der Waals surface area contributed by atoms with Gasteiger partial charge in [0.1, 0.15) is 0 Å². The van der Waals surface area contributed by atoms with Crippen molar-refractivity contribution < 1.29 is 4.79 Å². The third kappa shape index (κ3) is 3.80. The van der Waals surface area contributed by atoms with E-state index in [4.69, 9.17) is 0 Å². The Bertz CT molecular complexity index is 668. The van der Waals surface area contributed by atoms with Crippen LogP contribution in [-0.4, -0.2) is 42.4 Å². The van der Waals surface area contributed by atoms with Gasteiger partial charge in [0.2, 0.25) is 5.91 Å². The Hall–Kier alpha value is -2.13. The van der Waals surface area contributed by atoms with E-state index in [9.17, 15) is 4.79 Å². The topological polar surface area (TPSA) is 23.6 Å². The minimum atomic E-state index is 0.227. The van der Waals surface area contributed by atoms with Gasteiger partial charge >= 0.3 is 0 Å². The molecule has 120 valence electrons. The lowest BCUT2D eigenvalue weighted by Crippen LogP contribution is -2.49. The molecule has 1 aliphatic rings. The van der Waals surface area contributed by atoms with E-state index in [1.54, 1.807) is 0 Å². The fourth-order valence-corrected chi connectivity index (χ4v) is 3.24. The molecule has 0 saturated carbocycles. The molecule has 0 radical (unpaired) electrons. The number of hydrogen-bond donors (Lipinski definition) is 0. The quantitative estimate of drug-likeness (QED) is 0.870. The number of piperazine rings is 1. The van der Waals surface area contributed by atoms with Crippen LogP contribution < -0.4 is 0 Å². The Morgan fingerprint density at radius 1 is 1.09 bits per heavy atom. The molecule has 1 atom stereocenters. The molecule has 3 heteroatoms. The Kier molecular flexibility index (Phi) is 4.77. The van der Waals surface area contributed by atoms with Crippen LogP contribution >= 0.6 is 0 Å². The molecule has 2 aromatic carbocycles. The number of benzene rings is 2. The molecule has 0 aliphatic carbocycles. The minimum absolute atomic E-state index is 0.227. The highest BCUT2D eigenvalue weighted by Crippen LogP contribution is 2.24. The molecular formula is C20H24N2O. The molecule has 1 fully saturated rings. The maximum Gasteiger partial charge on any atom is 0.227 e. The van der Waals surface area contributed by atoms with Crippen molar-refractivity contribution in [3.8, 4) is 0 Å². The second kappa shape index (κ2) is 6.97. The summed E-state index contributed by atoms with van der Waals surface area (Å²) in [5.74, 6) is 0.227. The van der Waals surface area contributed by atoms with Crippen molar-refractivity contribution in [2.24, 2.45) is 0 Å². The predicted molar refractivity (Wildman–Crippen MR) is 93.3 cm³/mol. The van der Waals surface area contributed by atoms with Crippen molar-refractivity contribution in [3.05, 3.63) is 71.3 Å². The standard InChI is InChI=1S/C20H24N2O/c1-16-7-6-8-17(13-16)14-20(23)22-12-11-21(2)19(15-22)18-9-4-3-5-10-18/h3-10,13,19H,11-12,14-15H2,1-2H3. The molecule has 0 bridgehead atoms. The maximum atomic E-state index is 12.7. The molecular weight excluding hydrogens is 284 g/mol. The van der Waals surface area contributed by atoms with Gasteiger partial charge in [0, 0.05) is 19.6 Å². The lowest BCUT2D eigenvalue weighted by atomic mass is 10.0. The van der Waals surface area contributed by atoms with Gasteiger partial charge in [0.15, 0.2) is 0 Å². The lowest BCUT2D eigenvalue weighted by molar-refractivity contribution is -0.133. The van der Waals surface area contributed by atoms with Crippen molar-refractivity contribution in [1.82, 2.24) is 9.80 Å². The summed E-state index contributed by atoms with van der Waals surface area (Å²) < 4.78 is 0. The highest BCUT2D eigenvalue weighted by molar-refractivity contribution is 5.79. The maximum absolute atomic E-state index is 12.7. The Morgan fingerprint density at radius 2 is 1.87 bits per heavy atom. The van der Waals surface area contributed by atoms with Gasteiger partial charge in [0.25, 0.3) is 0 Å². The molecule has 23 heavy (non-hydrogen) atoms. The predicted octanol–water partition coefficient (Wildman–Crippen LogP) is 3.05. The van der Waals surface area contributed by atoms with E-state index < -0.39 is 0 Å². The summed E-state index contributed by atoms with van der Waals surface area (Å²) in [6, 6.07) is 19.0. The van der Waals surface area contributed by atoms with Crippen LogP contribution in [0.15, 0.2) is 54.6 Å². The Labute approximate surface area is 138 Å². The molecule has 1 amide bonds. The smallest absolute Gasteiger partial charge is 0.227 e. The number of rotatable bonds is 3. The van der Waals surface area contributed by atoms with Crippen LogP contribution in [0.2, 0.25) is 0 Å². The van der Waals surface area contributed by atoms with Crippen LogP contribution in [0.25, 0.3) is 0 Å². The molecule has 0 aromatic heterocycles. The van der Waals surface area contributed by atoms with Crippen molar-refractivity contribution in [1.29, 1.82) is 0 Å². The molecule has 1 heterocycles. The van der Waals surface area contributed by atoms with Crippen LogP contribution in [0.1, 0.15) is 22.7 Å². The zero-order valence-corrected chi connectivity index (χ0v) is 13.9. The normalized spacial score (nSPS) is 18.9. The number of amides is 1. The van der Waals surface area contributed by atoms with Crippen LogP contribution in [0.3, 0.4) is 0 Å². The zero-order valence-electron chi connectivity index (χ0n) is 13.9. The van der Waals surface area contributed by atoms with E-state index in [0.717, 1.165) is 25.2 Å². The molecule has 0 spiro atoms. The first-order valence-corrected chi connectivity index (χ1v) is 8.22. The van der Waals surface area contributed by atoms with E-state index in [2.05, 4.69) is 55.3 Å². The number of carbonyl (C=O) groups excluding carboxylic acids is 1. The van der Waals surface area contributed by atoms with Gasteiger partial charge in [0.05, 0.1) is 12.5 Å². The second-order valence-electron chi connectivity index (χ2n) is 6.41. The van der Waals surface area contributed by atoms with E-state index in [1.807, 2.05) is 23.1 Å². The highest BCUT2D eigenvalue weighted by Gasteiger charge is 2.28. The third-order valence-corrected chi connectivity index (χ3v) is 4.62. The van der Waals surface area contributed by atoms with Gasteiger partial charge in [-0.05, 0) is 25.1 Å². The van der Waals surface area contributed by atoms with Gasteiger partial charge in [-0.2, -0.15) is 0 Å². The molecule has 1 aliphatic heterocycles. The fraction of sp³-hybridized carbons (Fsp3) is 0.350. The van der Waals surface area contributed by atoms with Crippen molar-refractivity contribution in [2.45, 2.75) is 19.4 Å². The molecule has 1 unspecified atom stereocenters. The summed E-state index contributed by atoms with van der Waals surface area (Å²) in [5, 5.41) is 0. The minimum Gasteiger partial charge on any atom is -0.339 e. The molecule has 0 N–H and O–H groups in total. The van der Waals surface area contributed by atoms with Crippen LogP contribution in [0.4, 0.5) is 0 Å². The average Bonchev–Trinajstić information content (AvgIpc) is 2.56. The number of hydrogen-bond acceptors (Lipinski definition) is 2. The van der Waals surface area contributed by atoms with Crippen LogP contribution in [-0.2, 0) is 11.2 Å². The van der Waals surface area contributed by atoms with Crippen LogP contribution in [0.5, 0.6) is 0 Å². The van der Waals surface area contributed by atoms with E-state index >= 15 is 0 Å². The summed E-state index contributed by atoms with van der Waals surface area (Å²) in [5.41, 5.74) is 3.59. The average molecular weight is 308 g/mol. The molecule has 2 aromatic rings. The largest absolute Gasteiger partial charge is 0.339 e. The number of aryl methyl sites for hydroxylation is 1. The highest BCUT2D eigenvalue weighted by atomic mass is 16.2. The lowest BCUT2D eigenvalue weighted by Gasteiger charge is -2.39. The van der Waals surface area contributed by atoms with Crippen LogP contribution in [0, 0.1) is 6.92 Å². The van der Waals surface area contributed by atoms with Gasteiger partial charge in [-0.3, -0.25) is 9.69 Å². The summed E-state index contributed by atoms with van der Waals surface area (Å²) >= 11 is 0. The van der Waals surface area contributed by atoms with Gasteiger partial charge in [-0.1, -0.05) is 60.2 Å². The molecule has 1 saturated heterocycles. The van der Waals surface area contributed by atoms with Gasteiger partial charge in [-0.15, -0.1) is 0 Å². The first-order valence-electron chi connectivity index (χ1n) is 8.22. The SMILES string of the molecule is Cc1cccc(CC(=O)N2CCN(C)C(c3ccccc3)C2)c1. The van der Waals surface area contributed by atoms with E-state index in [0.29, 0.717) is 6.42 Å². The first-order chi connectivity index (χ1) is 11.1. The number of nitrogens with zero attached hydrogens (tertiary/aromatic N) is 2. The third-order valence-electron chi connectivity index (χ3n) is 4.62. The van der Waals surface area contributed by atoms with Crippen molar-refractivity contribution in [2.75, 3.05) is 26.7 Å². The number of likely N-dealkylation sites (N-methyl/N-ethyl adjacent to an activating group) is 1. The fourth-order valence-electron chi connectivity index (χ4n) is 3.24. The zero-order chi connectivity index (χ0) is 16.2. The van der Waals surface area contributed by atoms with Crippen molar-refractivity contribution in [3.63, 3.8) is 0 Å². The van der Waals surface area contributed by atoms with Crippen molar-refractivity contribution >= 4 is 5.91 Å². The molecule has 3 nitrogen and oxygen atoms in total. The first kappa shape index (κ1) is 15.8. The number of carbonyl (C=O) groups is 1. The Balaban J connectivity index is 1.69. The van der Waals surface area contributed by atoms with Gasteiger partial charge < -0.3 is 4.90 Å². The summed E-state index contributed by atoms with van der Waals surface area (Å²) in [4.78, 5) is 17.0. The van der Waals surface area contributed by atoms with E-state index in [-0.39, 0.29) is 11.9 Å². The van der Waals surface area contributed by atoms with E-state index in [1.165, 1.54) is 11.1 Å². The second-order valence-corrected chi connectivity index (χ2v) is 6.41. The summed E-state index contributed by atoms with van der Waals surface area (Å²) in [6.07, 6.45) is 0.493. The van der Waals surface area contributed by atoms with Gasteiger partial charge in [-0.25, -0.2) is 0 Å². The summed E-state index contributed by atoms with van der Waals surface area (Å²) in [7, 11) is 2.14. The summed E-state index contributed by atoms with van der Waals surface area (Å²) in [6.45, 7) is 4.56. The molecule has 3 rings (SSSR count).